The van der Waals surface area contributed by atoms with E-state index in [2.05, 4.69) is 15.2 Å². The van der Waals surface area contributed by atoms with Gasteiger partial charge in [-0.1, -0.05) is 11.3 Å². The lowest BCUT2D eigenvalue weighted by atomic mass is 10.1. The molecule has 0 saturated carbocycles. The summed E-state index contributed by atoms with van der Waals surface area (Å²) in [6.07, 6.45) is 5.14. The fourth-order valence-corrected chi connectivity index (χ4v) is 4.18. The van der Waals surface area contributed by atoms with E-state index in [-0.39, 0.29) is 16.8 Å². The maximum absolute atomic E-state index is 11.3. The number of nitrogens with one attached hydrogen (secondary N) is 1. The molecule has 0 aromatic carbocycles. The highest BCUT2D eigenvalue weighted by molar-refractivity contribution is 7.15. The number of aromatic nitrogens is 2. The number of thiazole rings is 1. The Morgan fingerprint density at radius 2 is 2.35 bits per heavy atom. The van der Waals surface area contributed by atoms with Gasteiger partial charge >= 0.3 is 5.82 Å². The summed E-state index contributed by atoms with van der Waals surface area (Å²) >= 11 is 1.41. The minimum Gasteiger partial charge on any atom is -0.359 e. The van der Waals surface area contributed by atoms with E-state index in [1.165, 1.54) is 24.2 Å². The highest BCUT2D eigenvalue weighted by atomic mass is 32.1. The second kappa shape index (κ2) is 4.42. The second-order valence-corrected chi connectivity index (χ2v) is 6.25. The fraction of sp³-hybridized carbons (Fsp3) is 0.583. The van der Waals surface area contributed by atoms with Gasteiger partial charge in [0.15, 0.2) is 0 Å². The van der Waals surface area contributed by atoms with Gasteiger partial charge in [0.25, 0.3) is 4.96 Å². The lowest BCUT2D eigenvalue weighted by Gasteiger charge is -2.20. The van der Waals surface area contributed by atoms with E-state index in [9.17, 15) is 10.1 Å². The van der Waals surface area contributed by atoms with Gasteiger partial charge in [0.1, 0.15) is 6.20 Å². The lowest BCUT2D eigenvalue weighted by Crippen LogP contribution is -2.34. The summed E-state index contributed by atoms with van der Waals surface area (Å²) in [5.41, 5.74) is 0. The monoisotopic (exact) mass is 293 g/mol. The molecule has 2 fully saturated rings. The van der Waals surface area contributed by atoms with Crippen molar-refractivity contribution < 1.29 is 4.92 Å². The topological polar surface area (TPSA) is 75.7 Å². The molecule has 106 valence electrons. The molecule has 2 atom stereocenters. The predicted molar refractivity (Wildman–Crippen MR) is 76.3 cm³/mol. The molecule has 2 aliphatic heterocycles. The molecule has 2 aromatic rings. The quantitative estimate of drug-likeness (QED) is 0.691. The lowest BCUT2D eigenvalue weighted by molar-refractivity contribution is -0.389. The van der Waals surface area contributed by atoms with Gasteiger partial charge < -0.3 is 15.4 Å². The van der Waals surface area contributed by atoms with E-state index < -0.39 is 0 Å². The second-order valence-electron chi connectivity index (χ2n) is 5.38. The number of anilines is 1. The van der Waals surface area contributed by atoms with Crippen LogP contribution in [0.2, 0.25) is 0 Å². The smallest absolute Gasteiger partial charge is 0.359 e. The Morgan fingerprint density at radius 3 is 3.20 bits per heavy atom. The summed E-state index contributed by atoms with van der Waals surface area (Å²) in [6.45, 7) is 2.24. The van der Waals surface area contributed by atoms with Crippen molar-refractivity contribution >= 4 is 27.9 Å². The minimum absolute atomic E-state index is 0.0534. The van der Waals surface area contributed by atoms with Gasteiger partial charge in [-0.15, -0.1) is 0 Å². The van der Waals surface area contributed by atoms with Crippen molar-refractivity contribution in [3.8, 4) is 0 Å². The van der Waals surface area contributed by atoms with Crippen molar-refractivity contribution in [3.05, 3.63) is 21.7 Å². The molecular weight excluding hydrogens is 278 g/mol. The molecule has 8 heteroatoms. The van der Waals surface area contributed by atoms with Crippen molar-refractivity contribution in [1.29, 1.82) is 0 Å². The third-order valence-electron chi connectivity index (χ3n) is 4.34. The first-order chi connectivity index (χ1) is 9.74. The third kappa shape index (κ3) is 1.71. The highest BCUT2D eigenvalue weighted by Gasteiger charge is 2.38. The normalized spacial score (nSPS) is 26.2. The molecule has 1 N–H and O–H groups in total. The van der Waals surface area contributed by atoms with Crippen LogP contribution in [0.5, 0.6) is 0 Å². The molecule has 2 aromatic heterocycles. The van der Waals surface area contributed by atoms with Crippen LogP contribution in [0.4, 0.5) is 11.6 Å². The van der Waals surface area contributed by atoms with Crippen LogP contribution in [0.1, 0.15) is 19.3 Å². The van der Waals surface area contributed by atoms with Gasteiger partial charge in [-0.2, -0.15) is 9.38 Å². The average molecular weight is 293 g/mol. The van der Waals surface area contributed by atoms with Gasteiger partial charge in [0, 0.05) is 24.0 Å². The van der Waals surface area contributed by atoms with Gasteiger partial charge in [0.05, 0.1) is 0 Å². The van der Waals surface area contributed by atoms with E-state index in [0.717, 1.165) is 19.5 Å². The van der Waals surface area contributed by atoms with Gasteiger partial charge in [-0.3, -0.25) is 4.90 Å². The van der Waals surface area contributed by atoms with Gasteiger partial charge in [0.2, 0.25) is 5.82 Å². The van der Waals surface area contributed by atoms with Crippen molar-refractivity contribution in [2.75, 3.05) is 18.4 Å². The minimum atomic E-state index is -0.351. The summed E-state index contributed by atoms with van der Waals surface area (Å²) in [4.78, 5) is 18.5. The van der Waals surface area contributed by atoms with Crippen LogP contribution >= 0.6 is 11.3 Å². The zero-order valence-corrected chi connectivity index (χ0v) is 11.7. The zero-order chi connectivity index (χ0) is 13.7. The molecule has 0 aliphatic carbocycles. The summed E-state index contributed by atoms with van der Waals surface area (Å²) < 4.78 is 1.55. The van der Waals surface area contributed by atoms with Crippen LogP contribution < -0.4 is 5.32 Å². The van der Waals surface area contributed by atoms with Crippen molar-refractivity contribution in [2.24, 2.45) is 0 Å². The first-order valence-corrected chi connectivity index (χ1v) is 7.72. The summed E-state index contributed by atoms with van der Waals surface area (Å²) in [6, 6.07) is 0.787. The molecule has 0 spiro atoms. The number of hydrogen-bond donors (Lipinski definition) is 1. The van der Waals surface area contributed by atoms with E-state index in [1.807, 2.05) is 5.38 Å². The average Bonchev–Trinajstić information content (AvgIpc) is 3.10. The predicted octanol–water partition coefficient (Wildman–Crippen LogP) is 1.95. The molecular formula is C12H15N5O2S. The van der Waals surface area contributed by atoms with Crippen LogP contribution in [0.3, 0.4) is 0 Å². The molecule has 2 aliphatic rings. The van der Waals surface area contributed by atoms with Crippen molar-refractivity contribution in [1.82, 2.24) is 14.3 Å². The first kappa shape index (κ1) is 12.1. The Hall–Kier alpha value is -1.67. The zero-order valence-electron chi connectivity index (χ0n) is 10.9. The molecule has 2 saturated heterocycles. The van der Waals surface area contributed by atoms with Crippen molar-refractivity contribution in [3.63, 3.8) is 0 Å². The number of fused-ring (bicyclic) bond motifs is 2. The van der Waals surface area contributed by atoms with Crippen LogP contribution in [-0.4, -0.2) is 44.4 Å². The molecule has 7 nitrogen and oxygen atoms in total. The molecule has 0 radical (unpaired) electrons. The van der Waals surface area contributed by atoms with Crippen molar-refractivity contribution in [2.45, 2.75) is 31.3 Å². The molecule has 0 amide bonds. The Labute approximate surface area is 119 Å². The summed E-state index contributed by atoms with van der Waals surface area (Å²) in [7, 11) is 0. The fourth-order valence-electron chi connectivity index (χ4n) is 3.47. The largest absolute Gasteiger partial charge is 0.372 e. The molecule has 4 rings (SSSR count). The number of nitrogens with zero attached hydrogens (tertiary/aromatic N) is 4. The molecule has 20 heavy (non-hydrogen) atoms. The third-order valence-corrected chi connectivity index (χ3v) is 5.09. The van der Waals surface area contributed by atoms with E-state index in [4.69, 9.17) is 0 Å². The summed E-state index contributed by atoms with van der Waals surface area (Å²) in [5, 5.41) is 16.4. The highest BCUT2D eigenvalue weighted by Crippen LogP contribution is 2.33. The molecule has 0 bridgehead atoms. The van der Waals surface area contributed by atoms with Crippen LogP contribution in [0.15, 0.2) is 11.6 Å². The van der Waals surface area contributed by atoms with Crippen LogP contribution in [-0.2, 0) is 0 Å². The number of nitro groups is 1. The Kier molecular flexibility index (Phi) is 2.67. The van der Waals surface area contributed by atoms with Gasteiger partial charge in [-0.25, -0.2) is 0 Å². The maximum atomic E-state index is 11.3. The Bertz CT molecular complexity index is 666. The summed E-state index contributed by atoms with van der Waals surface area (Å²) in [5.74, 6) is 0.471. The first-order valence-electron chi connectivity index (χ1n) is 6.84. The standard InChI is InChI=1S/C12H15N5O2S/c18-17(19)11-10(14-12-16(11)6-7-20-12)13-8-3-5-15-4-1-2-9(8)15/h6-9,13H,1-5H2. The Balaban J connectivity index is 1.66. The Morgan fingerprint density at radius 1 is 1.45 bits per heavy atom. The number of imidazole rings is 1. The van der Waals surface area contributed by atoms with Gasteiger partial charge in [-0.05, 0) is 30.7 Å². The number of rotatable bonds is 3. The van der Waals surface area contributed by atoms with E-state index in [0.29, 0.717) is 16.8 Å². The van der Waals surface area contributed by atoms with E-state index >= 15 is 0 Å². The SMILES string of the molecule is O=[N+]([O-])c1c(NC2CCN3CCCC23)nc2sccn12. The molecule has 2 unspecified atom stereocenters. The van der Waals surface area contributed by atoms with E-state index in [1.54, 1.807) is 10.6 Å². The maximum Gasteiger partial charge on any atom is 0.372 e. The number of hydrogen-bond acceptors (Lipinski definition) is 6. The molecule has 4 heterocycles. The van der Waals surface area contributed by atoms with Crippen LogP contribution in [0, 0.1) is 10.1 Å². The van der Waals surface area contributed by atoms with Crippen LogP contribution in [0.25, 0.3) is 4.96 Å².